The maximum atomic E-state index is 9.35. The fourth-order valence-corrected chi connectivity index (χ4v) is 1.24. The monoisotopic (exact) mass is 175 g/mol. The number of aliphatic hydroxyl groups is 1. The summed E-state index contributed by atoms with van der Waals surface area (Å²) in [5.41, 5.74) is 8.09. The Morgan fingerprint density at radius 3 is 3.00 bits per heavy atom. The van der Waals surface area contributed by atoms with Gasteiger partial charge in [-0.05, 0) is 5.53 Å². The van der Waals surface area contributed by atoms with Crippen LogP contribution in [0.3, 0.4) is 0 Å². The molecule has 1 heterocycles. The van der Waals surface area contributed by atoms with E-state index < -0.39 is 12.1 Å². The van der Waals surface area contributed by atoms with Crippen LogP contribution < -0.4 is 0 Å². The number of hydrogen-bond acceptors (Lipinski definition) is 4. The van der Waals surface area contributed by atoms with Crippen molar-refractivity contribution < 1.29 is 9.84 Å². The highest BCUT2D eigenvalue weighted by Gasteiger charge is 2.29. The van der Waals surface area contributed by atoms with E-state index in [-0.39, 0.29) is 11.9 Å². The minimum Gasteiger partial charge on any atom is -0.391 e. The summed E-state index contributed by atoms with van der Waals surface area (Å²) >= 11 is 4.05. The predicted octanol–water partition coefficient (Wildman–Crippen LogP) is 0.355. The zero-order valence-electron chi connectivity index (χ0n) is 5.79. The second-order valence-corrected chi connectivity index (χ2v) is 3.03. The number of ether oxygens (including phenoxy) is 1. The summed E-state index contributed by atoms with van der Waals surface area (Å²) in [7, 11) is 0. The quantitative estimate of drug-likeness (QED) is 0.261. The molecule has 0 aromatic carbocycles. The van der Waals surface area contributed by atoms with Gasteiger partial charge in [0.1, 0.15) is 0 Å². The van der Waals surface area contributed by atoms with Crippen molar-refractivity contribution in [2.24, 2.45) is 5.11 Å². The fourth-order valence-electron chi connectivity index (χ4n) is 0.931. The molecule has 0 aromatic heterocycles. The first-order valence-corrected chi connectivity index (χ1v) is 3.75. The summed E-state index contributed by atoms with van der Waals surface area (Å²) in [5.74, 6) is 0. The summed E-state index contributed by atoms with van der Waals surface area (Å²) in [6.45, 7) is 0.685. The molecule has 0 aromatic rings. The Hall–Kier alpha value is -0.420. The number of azide groups is 1. The molecule has 0 radical (unpaired) electrons. The van der Waals surface area contributed by atoms with Crippen molar-refractivity contribution in [3.63, 3.8) is 0 Å². The van der Waals surface area contributed by atoms with Gasteiger partial charge in [0, 0.05) is 4.91 Å². The van der Waals surface area contributed by atoms with E-state index in [0.717, 1.165) is 0 Å². The van der Waals surface area contributed by atoms with Crippen molar-refractivity contribution >= 4 is 12.6 Å². The van der Waals surface area contributed by atoms with Gasteiger partial charge in [0.05, 0.1) is 30.6 Å². The van der Waals surface area contributed by atoms with E-state index in [2.05, 4.69) is 22.7 Å². The SMILES string of the molecule is [N-]=[N+]=N[C@H]1COC[C@@H](S)[C@@H]1O. The van der Waals surface area contributed by atoms with Gasteiger partial charge in [0.15, 0.2) is 0 Å². The molecule has 0 amide bonds. The van der Waals surface area contributed by atoms with Crippen LogP contribution in [0.2, 0.25) is 0 Å². The Morgan fingerprint density at radius 2 is 2.36 bits per heavy atom. The lowest BCUT2D eigenvalue weighted by atomic mass is 10.1. The Kier molecular flexibility index (Phi) is 3.02. The van der Waals surface area contributed by atoms with E-state index in [9.17, 15) is 5.11 Å². The van der Waals surface area contributed by atoms with Gasteiger partial charge in [-0.1, -0.05) is 5.11 Å². The van der Waals surface area contributed by atoms with Crippen LogP contribution in [-0.4, -0.2) is 35.7 Å². The third-order valence-corrected chi connectivity index (χ3v) is 2.02. The predicted molar refractivity (Wildman–Crippen MR) is 42.5 cm³/mol. The second kappa shape index (κ2) is 3.82. The molecular weight excluding hydrogens is 166 g/mol. The zero-order valence-corrected chi connectivity index (χ0v) is 6.69. The highest BCUT2D eigenvalue weighted by molar-refractivity contribution is 7.81. The molecule has 6 heteroatoms. The van der Waals surface area contributed by atoms with Crippen LogP contribution in [0.15, 0.2) is 5.11 Å². The van der Waals surface area contributed by atoms with Crippen molar-refractivity contribution in [2.75, 3.05) is 13.2 Å². The van der Waals surface area contributed by atoms with Crippen molar-refractivity contribution in [3.05, 3.63) is 10.4 Å². The fraction of sp³-hybridized carbons (Fsp3) is 1.00. The number of nitrogens with zero attached hydrogens (tertiary/aromatic N) is 3. The first-order valence-electron chi connectivity index (χ1n) is 3.24. The van der Waals surface area contributed by atoms with Crippen molar-refractivity contribution in [2.45, 2.75) is 17.4 Å². The van der Waals surface area contributed by atoms with Gasteiger partial charge < -0.3 is 9.84 Å². The second-order valence-electron chi connectivity index (χ2n) is 2.37. The molecule has 1 rings (SSSR count). The minimum atomic E-state index is -0.692. The molecular formula is C5H9N3O2S. The third kappa shape index (κ3) is 2.00. The van der Waals surface area contributed by atoms with Crippen LogP contribution >= 0.6 is 12.6 Å². The Morgan fingerprint density at radius 1 is 1.64 bits per heavy atom. The molecule has 1 fully saturated rings. The van der Waals surface area contributed by atoms with Gasteiger partial charge in [0.25, 0.3) is 0 Å². The van der Waals surface area contributed by atoms with E-state index in [0.29, 0.717) is 6.61 Å². The average molecular weight is 175 g/mol. The van der Waals surface area contributed by atoms with Gasteiger partial charge in [-0.2, -0.15) is 12.6 Å². The summed E-state index contributed by atoms with van der Waals surface area (Å²) in [4.78, 5) is 2.60. The van der Waals surface area contributed by atoms with E-state index >= 15 is 0 Å². The Bertz CT molecular complexity index is 183. The maximum absolute atomic E-state index is 9.35. The standard InChI is InChI=1S/C5H9N3O2S/c6-8-7-3-1-10-2-4(11)5(3)9/h3-5,9,11H,1-2H2/t3-,4+,5+/m0/s1. The highest BCUT2D eigenvalue weighted by Crippen LogP contribution is 2.16. The molecule has 1 N–H and O–H groups in total. The topological polar surface area (TPSA) is 78.2 Å². The van der Waals surface area contributed by atoms with E-state index in [4.69, 9.17) is 10.3 Å². The van der Waals surface area contributed by atoms with Crippen LogP contribution in [0.1, 0.15) is 0 Å². The molecule has 1 aliphatic heterocycles. The average Bonchev–Trinajstić information content (AvgIpc) is 1.99. The first kappa shape index (κ1) is 8.67. The van der Waals surface area contributed by atoms with E-state index in [1.54, 1.807) is 0 Å². The molecule has 0 bridgehead atoms. The van der Waals surface area contributed by atoms with Gasteiger partial charge in [-0.3, -0.25) is 0 Å². The lowest BCUT2D eigenvalue weighted by Gasteiger charge is -2.28. The van der Waals surface area contributed by atoms with Crippen LogP contribution in [-0.2, 0) is 4.74 Å². The normalized spacial score (nSPS) is 37.8. The molecule has 0 aliphatic carbocycles. The summed E-state index contributed by atoms with van der Waals surface area (Å²) < 4.78 is 5.02. The molecule has 0 spiro atoms. The van der Waals surface area contributed by atoms with Crippen molar-refractivity contribution in [3.8, 4) is 0 Å². The van der Waals surface area contributed by atoms with Crippen LogP contribution in [0.25, 0.3) is 10.4 Å². The van der Waals surface area contributed by atoms with Crippen LogP contribution in [0.5, 0.6) is 0 Å². The number of aliphatic hydroxyl groups excluding tert-OH is 1. The smallest absolute Gasteiger partial charge is 0.0878 e. The number of thiol groups is 1. The van der Waals surface area contributed by atoms with Crippen LogP contribution in [0, 0.1) is 0 Å². The maximum Gasteiger partial charge on any atom is 0.0878 e. The highest BCUT2D eigenvalue weighted by atomic mass is 32.1. The van der Waals surface area contributed by atoms with Crippen molar-refractivity contribution in [1.82, 2.24) is 0 Å². The molecule has 1 aliphatic rings. The number of hydrogen-bond donors (Lipinski definition) is 2. The van der Waals surface area contributed by atoms with Gasteiger partial charge in [-0.15, -0.1) is 0 Å². The molecule has 11 heavy (non-hydrogen) atoms. The molecule has 3 atom stereocenters. The molecule has 1 saturated heterocycles. The molecule has 5 nitrogen and oxygen atoms in total. The summed E-state index contributed by atoms with van der Waals surface area (Å²) in [6.07, 6.45) is -0.692. The van der Waals surface area contributed by atoms with Gasteiger partial charge in [-0.25, -0.2) is 0 Å². The summed E-state index contributed by atoms with van der Waals surface area (Å²) in [6, 6.07) is -0.490. The Labute approximate surface area is 69.4 Å². The largest absolute Gasteiger partial charge is 0.391 e. The van der Waals surface area contributed by atoms with Crippen molar-refractivity contribution in [1.29, 1.82) is 0 Å². The lowest BCUT2D eigenvalue weighted by Crippen LogP contribution is -2.43. The third-order valence-electron chi connectivity index (χ3n) is 1.57. The van der Waals surface area contributed by atoms with Gasteiger partial charge >= 0.3 is 0 Å². The van der Waals surface area contributed by atoms with E-state index in [1.807, 2.05) is 0 Å². The number of rotatable bonds is 1. The summed E-state index contributed by atoms with van der Waals surface area (Å²) in [5, 5.41) is 12.5. The zero-order chi connectivity index (χ0) is 8.27. The molecule has 0 saturated carbocycles. The van der Waals surface area contributed by atoms with Gasteiger partial charge in [0.2, 0.25) is 0 Å². The van der Waals surface area contributed by atoms with Crippen LogP contribution in [0.4, 0.5) is 0 Å². The lowest BCUT2D eigenvalue weighted by molar-refractivity contribution is 0.00348. The first-order chi connectivity index (χ1) is 5.25. The Balaban J connectivity index is 2.57. The molecule has 0 unspecified atom stereocenters. The van der Waals surface area contributed by atoms with E-state index in [1.165, 1.54) is 0 Å². The molecule has 62 valence electrons. The minimum absolute atomic E-state index is 0.251.